The van der Waals surface area contributed by atoms with Crippen LogP contribution in [0.5, 0.6) is 5.75 Å². The van der Waals surface area contributed by atoms with Crippen LogP contribution in [0.3, 0.4) is 0 Å². The van der Waals surface area contributed by atoms with Crippen molar-refractivity contribution in [2.45, 2.75) is 13.3 Å². The highest BCUT2D eigenvalue weighted by Gasteiger charge is 2.18. The lowest BCUT2D eigenvalue weighted by molar-refractivity contribution is -0.120. The minimum Gasteiger partial charge on any atom is -0.491 e. The second-order valence-electron chi connectivity index (χ2n) is 4.36. The molecule has 0 spiro atoms. The van der Waals surface area contributed by atoms with Gasteiger partial charge in [-0.1, -0.05) is 0 Å². The molecular formula is C13H18FN3O2. The van der Waals surface area contributed by atoms with E-state index in [9.17, 15) is 9.18 Å². The molecule has 1 aliphatic heterocycles. The average molecular weight is 267 g/mol. The van der Waals surface area contributed by atoms with Crippen molar-refractivity contribution in [2.75, 3.05) is 36.9 Å². The molecule has 2 rings (SSSR count). The number of benzene rings is 1. The Morgan fingerprint density at radius 2 is 2.26 bits per heavy atom. The zero-order valence-electron chi connectivity index (χ0n) is 10.9. The topological polar surface area (TPSA) is 67.6 Å². The maximum absolute atomic E-state index is 13.6. The van der Waals surface area contributed by atoms with Crippen LogP contribution in [0.25, 0.3) is 0 Å². The van der Waals surface area contributed by atoms with E-state index in [1.54, 1.807) is 13.0 Å². The number of nitrogen functional groups attached to an aromatic ring is 1. The van der Waals surface area contributed by atoms with Crippen LogP contribution in [0.4, 0.5) is 15.8 Å². The molecule has 1 amide bonds. The second-order valence-corrected chi connectivity index (χ2v) is 4.36. The normalized spacial score (nSPS) is 15.9. The molecule has 0 aliphatic carbocycles. The van der Waals surface area contributed by atoms with Crippen molar-refractivity contribution in [1.82, 2.24) is 5.32 Å². The lowest BCUT2D eigenvalue weighted by Crippen LogP contribution is -2.29. The largest absolute Gasteiger partial charge is 0.491 e. The molecule has 6 heteroatoms. The molecule has 1 heterocycles. The van der Waals surface area contributed by atoms with Crippen LogP contribution in [-0.2, 0) is 4.79 Å². The summed E-state index contributed by atoms with van der Waals surface area (Å²) in [6, 6.07) is 2.87. The number of amides is 1. The summed E-state index contributed by atoms with van der Waals surface area (Å²) < 4.78 is 18.9. The van der Waals surface area contributed by atoms with E-state index in [1.165, 1.54) is 6.07 Å². The van der Waals surface area contributed by atoms with Crippen molar-refractivity contribution in [2.24, 2.45) is 0 Å². The van der Waals surface area contributed by atoms with Gasteiger partial charge in [0.1, 0.15) is 0 Å². The van der Waals surface area contributed by atoms with Crippen molar-refractivity contribution >= 4 is 17.3 Å². The number of hydrogen-bond donors (Lipinski definition) is 2. The van der Waals surface area contributed by atoms with Gasteiger partial charge < -0.3 is 20.7 Å². The standard InChI is InChI=1S/C13H18FN3O2/c1-2-19-12-8-11(10(15)7-9(12)14)17-5-3-13(18)16-4-6-17/h7-8H,2-6,15H2,1H3,(H,16,18). The summed E-state index contributed by atoms with van der Waals surface area (Å²) in [5.41, 5.74) is 6.93. The first-order valence-corrected chi connectivity index (χ1v) is 6.35. The number of rotatable bonds is 3. The molecule has 19 heavy (non-hydrogen) atoms. The van der Waals surface area contributed by atoms with E-state index in [0.717, 1.165) is 0 Å². The van der Waals surface area contributed by atoms with Gasteiger partial charge in [-0.05, 0) is 6.92 Å². The predicted molar refractivity (Wildman–Crippen MR) is 71.8 cm³/mol. The smallest absolute Gasteiger partial charge is 0.221 e. The fourth-order valence-electron chi connectivity index (χ4n) is 2.11. The molecule has 1 saturated heterocycles. The second kappa shape index (κ2) is 5.77. The van der Waals surface area contributed by atoms with E-state index in [4.69, 9.17) is 10.5 Å². The first-order chi connectivity index (χ1) is 9.11. The van der Waals surface area contributed by atoms with Gasteiger partial charge in [0.2, 0.25) is 5.91 Å². The third-order valence-electron chi connectivity index (χ3n) is 3.03. The molecule has 1 aromatic rings. The minimum absolute atomic E-state index is 0.0215. The van der Waals surface area contributed by atoms with Crippen molar-refractivity contribution in [1.29, 1.82) is 0 Å². The Morgan fingerprint density at radius 3 is 3.00 bits per heavy atom. The molecule has 1 aromatic carbocycles. The van der Waals surface area contributed by atoms with Gasteiger partial charge in [-0.3, -0.25) is 4.79 Å². The van der Waals surface area contributed by atoms with E-state index >= 15 is 0 Å². The number of nitrogens with one attached hydrogen (secondary N) is 1. The molecule has 0 bridgehead atoms. The van der Waals surface area contributed by atoms with Crippen molar-refractivity contribution < 1.29 is 13.9 Å². The van der Waals surface area contributed by atoms with Gasteiger partial charge in [0.05, 0.1) is 18.0 Å². The lowest BCUT2D eigenvalue weighted by atomic mass is 10.2. The van der Waals surface area contributed by atoms with E-state index in [-0.39, 0.29) is 11.7 Å². The predicted octanol–water partition coefficient (Wildman–Crippen LogP) is 1.13. The monoisotopic (exact) mass is 267 g/mol. The number of anilines is 2. The molecule has 1 aliphatic rings. The third kappa shape index (κ3) is 3.07. The average Bonchev–Trinajstić information content (AvgIpc) is 2.58. The van der Waals surface area contributed by atoms with Gasteiger partial charge in [0, 0.05) is 38.2 Å². The van der Waals surface area contributed by atoms with Crippen molar-refractivity contribution in [3.8, 4) is 5.75 Å². The highest BCUT2D eigenvalue weighted by atomic mass is 19.1. The maximum Gasteiger partial charge on any atom is 0.221 e. The Labute approximate surface area is 111 Å². The number of halogens is 1. The Hall–Kier alpha value is -1.98. The fourth-order valence-corrected chi connectivity index (χ4v) is 2.11. The molecule has 3 N–H and O–H groups in total. The van der Waals surface area contributed by atoms with Crippen LogP contribution < -0.4 is 20.7 Å². The van der Waals surface area contributed by atoms with Crippen LogP contribution in [-0.4, -0.2) is 32.1 Å². The summed E-state index contributed by atoms with van der Waals surface area (Å²) in [7, 11) is 0. The maximum atomic E-state index is 13.6. The molecule has 0 atom stereocenters. The number of nitrogens with two attached hydrogens (primary N) is 1. The van der Waals surface area contributed by atoms with Crippen LogP contribution in [0.1, 0.15) is 13.3 Å². The van der Waals surface area contributed by atoms with E-state index in [2.05, 4.69) is 5.32 Å². The van der Waals surface area contributed by atoms with Crippen LogP contribution in [0, 0.1) is 5.82 Å². The highest BCUT2D eigenvalue weighted by Crippen LogP contribution is 2.31. The number of ether oxygens (including phenoxy) is 1. The highest BCUT2D eigenvalue weighted by molar-refractivity contribution is 5.78. The Balaban J connectivity index is 2.27. The lowest BCUT2D eigenvalue weighted by Gasteiger charge is -2.24. The van der Waals surface area contributed by atoms with Gasteiger partial charge in [-0.25, -0.2) is 4.39 Å². The molecular weight excluding hydrogens is 249 g/mol. The summed E-state index contributed by atoms with van der Waals surface area (Å²) in [5, 5.41) is 2.79. The van der Waals surface area contributed by atoms with Crippen LogP contribution >= 0.6 is 0 Å². The molecule has 5 nitrogen and oxygen atoms in total. The molecule has 1 fully saturated rings. The first-order valence-electron chi connectivity index (χ1n) is 6.35. The van der Waals surface area contributed by atoms with Crippen LogP contribution in [0.2, 0.25) is 0 Å². The summed E-state index contributed by atoms with van der Waals surface area (Å²) in [6.45, 7) is 3.95. The molecule has 104 valence electrons. The van der Waals surface area contributed by atoms with Crippen LogP contribution in [0.15, 0.2) is 12.1 Å². The summed E-state index contributed by atoms with van der Waals surface area (Å²) in [4.78, 5) is 13.3. The SMILES string of the molecule is CCOc1cc(N2CCNC(=O)CC2)c(N)cc1F. The summed E-state index contributed by atoms with van der Waals surface area (Å²) in [5.74, 6) is -0.254. The Kier molecular flexibility index (Phi) is 4.09. The van der Waals surface area contributed by atoms with E-state index in [0.29, 0.717) is 44.0 Å². The van der Waals surface area contributed by atoms with E-state index < -0.39 is 5.82 Å². The Bertz CT molecular complexity index is 479. The quantitative estimate of drug-likeness (QED) is 0.806. The number of hydrogen-bond acceptors (Lipinski definition) is 4. The number of carbonyl (C=O) groups is 1. The molecule has 0 aromatic heterocycles. The molecule has 0 saturated carbocycles. The zero-order valence-corrected chi connectivity index (χ0v) is 10.9. The van der Waals surface area contributed by atoms with Gasteiger partial charge in [-0.2, -0.15) is 0 Å². The fraction of sp³-hybridized carbons (Fsp3) is 0.462. The number of nitrogens with zero attached hydrogens (tertiary/aromatic N) is 1. The number of carbonyl (C=O) groups excluding carboxylic acids is 1. The first kappa shape index (κ1) is 13.5. The Morgan fingerprint density at radius 1 is 1.47 bits per heavy atom. The van der Waals surface area contributed by atoms with E-state index in [1.807, 2.05) is 4.90 Å². The van der Waals surface area contributed by atoms with Crippen molar-refractivity contribution in [3.63, 3.8) is 0 Å². The molecule has 0 unspecified atom stereocenters. The zero-order chi connectivity index (χ0) is 13.8. The third-order valence-corrected chi connectivity index (χ3v) is 3.03. The summed E-state index contributed by atoms with van der Waals surface area (Å²) >= 11 is 0. The summed E-state index contributed by atoms with van der Waals surface area (Å²) in [6.07, 6.45) is 0.404. The van der Waals surface area contributed by atoms with Gasteiger partial charge in [0.25, 0.3) is 0 Å². The van der Waals surface area contributed by atoms with Crippen molar-refractivity contribution in [3.05, 3.63) is 17.9 Å². The molecule has 0 radical (unpaired) electrons. The minimum atomic E-state index is -0.466. The van der Waals surface area contributed by atoms with Gasteiger partial charge in [0.15, 0.2) is 11.6 Å². The van der Waals surface area contributed by atoms with Gasteiger partial charge >= 0.3 is 0 Å². The van der Waals surface area contributed by atoms with Gasteiger partial charge in [-0.15, -0.1) is 0 Å².